The van der Waals surface area contributed by atoms with E-state index < -0.39 is 0 Å². The third kappa shape index (κ3) is 3.75. The maximum Gasteiger partial charge on any atom is 0.315 e. The molecule has 2 atom stereocenters. The number of fused-ring (bicyclic) bond motifs is 1. The fourth-order valence-corrected chi connectivity index (χ4v) is 3.51. The number of carbonyl (C=O) groups is 1. The van der Waals surface area contributed by atoms with Crippen LogP contribution in [0.5, 0.6) is 0 Å². The van der Waals surface area contributed by atoms with Gasteiger partial charge in [-0.3, -0.25) is 9.58 Å². The summed E-state index contributed by atoms with van der Waals surface area (Å²) in [4.78, 5) is 14.5. The zero-order valence-electron chi connectivity index (χ0n) is 12.5. The lowest BCUT2D eigenvalue weighted by Crippen LogP contribution is -2.49. The molecule has 116 valence electrons. The molecule has 0 bridgehead atoms. The molecule has 3 heterocycles. The SMILES string of the molecule is O=C(NCCCn1cccn1)N[C@H]1CCN2CCCC[C@@H]12. The Morgan fingerprint density at radius 3 is 3.10 bits per heavy atom. The van der Waals surface area contributed by atoms with Gasteiger partial charge in [-0.15, -0.1) is 0 Å². The van der Waals surface area contributed by atoms with E-state index in [9.17, 15) is 4.79 Å². The smallest absolute Gasteiger partial charge is 0.315 e. The van der Waals surface area contributed by atoms with Crippen LogP contribution in [0.25, 0.3) is 0 Å². The molecule has 6 heteroatoms. The molecular weight excluding hydrogens is 266 g/mol. The number of amides is 2. The fourth-order valence-electron chi connectivity index (χ4n) is 3.51. The van der Waals surface area contributed by atoms with Crippen LogP contribution in [-0.4, -0.2) is 52.4 Å². The number of nitrogens with zero attached hydrogens (tertiary/aromatic N) is 3. The molecule has 6 nitrogen and oxygen atoms in total. The molecule has 0 saturated carbocycles. The molecule has 2 N–H and O–H groups in total. The Bertz CT molecular complexity index is 447. The van der Waals surface area contributed by atoms with Crippen molar-refractivity contribution < 1.29 is 4.79 Å². The summed E-state index contributed by atoms with van der Waals surface area (Å²) >= 11 is 0. The molecule has 1 aromatic rings. The molecule has 1 aromatic heterocycles. The van der Waals surface area contributed by atoms with Crippen LogP contribution in [0.2, 0.25) is 0 Å². The standard InChI is InChI=1S/C15H25N5O/c21-15(16-7-3-10-20-11-4-8-17-20)18-13-6-12-19-9-2-1-5-14(13)19/h4,8,11,13-14H,1-3,5-7,9-10,12H2,(H2,16,18,21)/t13-,14-/m0/s1. The molecule has 21 heavy (non-hydrogen) atoms. The van der Waals surface area contributed by atoms with Gasteiger partial charge < -0.3 is 10.6 Å². The van der Waals surface area contributed by atoms with Crippen LogP contribution in [0.3, 0.4) is 0 Å². The third-order valence-corrected chi connectivity index (χ3v) is 4.58. The maximum atomic E-state index is 12.0. The third-order valence-electron chi connectivity index (χ3n) is 4.58. The van der Waals surface area contributed by atoms with E-state index >= 15 is 0 Å². The first-order valence-electron chi connectivity index (χ1n) is 8.09. The van der Waals surface area contributed by atoms with Gasteiger partial charge in [0.15, 0.2) is 0 Å². The number of hydrogen-bond acceptors (Lipinski definition) is 3. The number of aryl methyl sites for hydroxylation is 1. The van der Waals surface area contributed by atoms with Gasteiger partial charge >= 0.3 is 6.03 Å². The van der Waals surface area contributed by atoms with E-state index in [4.69, 9.17) is 0 Å². The lowest BCUT2D eigenvalue weighted by Gasteiger charge is -2.32. The van der Waals surface area contributed by atoms with E-state index in [1.807, 2.05) is 16.9 Å². The first kappa shape index (κ1) is 14.4. The molecule has 2 saturated heterocycles. The van der Waals surface area contributed by atoms with E-state index in [1.54, 1.807) is 6.20 Å². The summed E-state index contributed by atoms with van der Waals surface area (Å²) in [5.41, 5.74) is 0. The van der Waals surface area contributed by atoms with E-state index in [2.05, 4.69) is 20.6 Å². The minimum atomic E-state index is -0.0205. The highest BCUT2D eigenvalue weighted by Crippen LogP contribution is 2.26. The zero-order chi connectivity index (χ0) is 14.5. The Morgan fingerprint density at radius 2 is 2.24 bits per heavy atom. The van der Waals surface area contributed by atoms with Crippen molar-refractivity contribution in [2.45, 2.75) is 50.7 Å². The monoisotopic (exact) mass is 291 g/mol. The number of rotatable bonds is 5. The molecule has 0 unspecified atom stereocenters. The molecule has 0 spiro atoms. The quantitative estimate of drug-likeness (QED) is 0.801. The van der Waals surface area contributed by atoms with Crippen LogP contribution in [0.1, 0.15) is 32.1 Å². The summed E-state index contributed by atoms with van der Waals surface area (Å²) in [6, 6.07) is 2.79. The highest BCUT2D eigenvalue weighted by Gasteiger charge is 2.36. The summed E-state index contributed by atoms with van der Waals surface area (Å²) < 4.78 is 1.89. The van der Waals surface area contributed by atoms with Crippen LogP contribution in [0.15, 0.2) is 18.5 Å². The van der Waals surface area contributed by atoms with Crippen LogP contribution in [0, 0.1) is 0 Å². The van der Waals surface area contributed by atoms with Gasteiger partial charge in [0.25, 0.3) is 0 Å². The van der Waals surface area contributed by atoms with Gasteiger partial charge in [0.2, 0.25) is 0 Å². The van der Waals surface area contributed by atoms with Crippen molar-refractivity contribution in [2.75, 3.05) is 19.6 Å². The number of urea groups is 1. The topological polar surface area (TPSA) is 62.2 Å². The molecule has 2 aliphatic heterocycles. The summed E-state index contributed by atoms with van der Waals surface area (Å²) in [7, 11) is 0. The second-order valence-electron chi connectivity index (χ2n) is 6.02. The van der Waals surface area contributed by atoms with Gasteiger partial charge in [-0.05, 0) is 38.3 Å². The van der Waals surface area contributed by atoms with Gasteiger partial charge in [-0.2, -0.15) is 5.10 Å². The van der Waals surface area contributed by atoms with Crippen molar-refractivity contribution in [1.29, 1.82) is 0 Å². The second-order valence-corrected chi connectivity index (χ2v) is 6.02. The summed E-state index contributed by atoms with van der Waals surface area (Å²) in [5.74, 6) is 0. The predicted molar refractivity (Wildman–Crippen MR) is 81.0 cm³/mol. The first-order valence-corrected chi connectivity index (χ1v) is 8.09. The largest absolute Gasteiger partial charge is 0.338 e. The van der Waals surface area contributed by atoms with E-state index in [0.717, 1.165) is 25.9 Å². The highest BCUT2D eigenvalue weighted by molar-refractivity contribution is 5.74. The van der Waals surface area contributed by atoms with Crippen molar-refractivity contribution >= 4 is 6.03 Å². The molecular formula is C15H25N5O. The number of hydrogen-bond donors (Lipinski definition) is 2. The van der Waals surface area contributed by atoms with Crippen molar-refractivity contribution in [3.05, 3.63) is 18.5 Å². The Kier molecular flexibility index (Phi) is 4.75. The van der Waals surface area contributed by atoms with Gasteiger partial charge in [-0.25, -0.2) is 4.79 Å². The lowest BCUT2D eigenvalue weighted by molar-refractivity contribution is 0.179. The highest BCUT2D eigenvalue weighted by atomic mass is 16.2. The van der Waals surface area contributed by atoms with Crippen LogP contribution < -0.4 is 10.6 Å². The van der Waals surface area contributed by atoms with Gasteiger partial charge in [0, 0.05) is 44.1 Å². The zero-order valence-corrected chi connectivity index (χ0v) is 12.5. The maximum absolute atomic E-state index is 12.0. The fraction of sp³-hybridized carbons (Fsp3) is 0.733. The molecule has 0 aliphatic carbocycles. The predicted octanol–water partition coefficient (Wildman–Crippen LogP) is 1.20. The Labute approximate surface area is 125 Å². The molecule has 0 radical (unpaired) electrons. The normalized spacial score (nSPS) is 25.5. The minimum absolute atomic E-state index is 0.0205. The summed E-state index contributed by atoms with van der Waals surface area (Å²) in [5, 5.41) is 10.3. The average Bonchev–Trinajstić information content (AvgIpc) is 3.14. The lowest BCUT2D eigenvalue weighted by atomic mass is 9.99. The molecule has 2 amide bonds. The minimum Gasteiger partial charge on any atom is -0.338 e. The van der Waals surface area contributed by atoms with Crippen LogP contribution in [0.4, 0.5) is 4.79 Å². The van der Waals surface area contributed by atoms with E-state index in [0.29, 0.717) is 18.6 Å². The first-order chi connectivity index (χ1) is 10.3. The van der Waals surface area contributed by atoms with E-state index in [-0.39, 0.29) is 6.03 Å². The molecule has 2 fully saturated rings. The van der Waals surface area contributed by atoms with Crippen LogP contribution >= 0.6 is 0 Å². The number of aromatic nitrogens is 2. The Balaban J connectivity index is 1.34. The molecule has 3 rings (SSSR count). The van der Waals surface area contributed by atoms with Gasteiger partial charge in [0.05, 0.1) is 0 Å². The van der Waals surface area contributed by atoms with Crippen molar-refractivity contribution in [2.24, 2.45) is 0 Å². The Hall–Kier alpha value is -1.56. The van der Waals surface area contributed by atoms with Gasteiger partial charge in [0.1, 0.15) is 0 Å². The van der Waals surface area contributed by atoms with Crippen molar-refractivity contribution in [1.82, 2.24) is 25.3 Å². The molecule has 2 aliphatic rings. The average molecular weight is 291 g/mol. The van der Waals surface area contributed by atoms with E-state index in [1.165, 1.54) is 25.8 Å². The number of nitrogens with one attached hydrogen (secondary N) is 2. The van der Waals surface area contributed by atoms with Crippen molar-refractivity contribution in [3.63, 3.8) is 0 Å². The number of piperidine rings is 1. The van der Waals surface area contributed by atoms with Crippen LogP contribution in [-0.2, 0) is 6.54 Å². The summed E-state index contributed by atoms with van der Waals surface area (Å²) in [6.45, 7) is 3.86. The van der Waals surface area contributed by atoms with Gasteiger partial charge in [-0.1, -0.05) is 6.42 Å². The summed E-state index contributed by atoms with van der Waals surface area (Å²) in [6.07, 6.45) is 9.53. The molecule has 0 aromatic carbocycles. The van der Waals surface area contributed by atoms with Crippen molar-refractivity contribution in [3.8, 4) is 0 Å². The second kappa shape index (κ2) is 6.93. The number of carbonyl (C=O) groups excluding carboxylic acids is 1. The Morgan fingerprint density at radius 1 is 1.29 bits per heavy atom.